The largest absolute Gasteiger partial charge is 0.480 e. The van der Waals surface area contributed by atoms with Crippen LogP contribution in [0.2, 0.25) is 0 Å². The van der Waals surface area contributed by atoms with Gasteiger partial charge >= 0.3 is 11.9 Å². The molecule has 3 aliphatic heterocycles. The number of carboxylic acid groups (broad SMARTS) is 2. The smallest absolute Gasteiger partial charge is 0.351 e. The minimum Gasteiger partial charge on any atom is -0.480 e. The summed E-state index contributed by atoms with van der Waals surface area (Å²) in [4.78, 5) is 66.2. The number of aliphatic carboxylic acids is 2. The Kier molecular flexibility index (Phi) is 10.2. The van der Waals surface area contributed by atoms with Crippen molar-refractivity contribution in [3.63, 3.8) is 0 Å². The number of piperidine rings is 2. The molecule has 0 aliphatic carbocycles. The second kappa shape index (κ2) is 14.8. The predicted molar refractivity (Wildman–Crippen MR) is 197 cm³/mol. The molecule has 2 fully saturated rings. The van der Waals surface area contributed by atoms with Crippen molar-refractivity contribution in [2.45, 2.75) is 76.7 Å². The SMILES string of the molecule is Cc1c(NC(=O)c2ncc(CN3CCCC[C@H]3C(=O)O)s2)cccc1-c1cccc2c1CCN2C(=O)c1ncc(CN2CCCC[C@]2(O)C(=O)O)s1. The highest BCUT2D eigenvalue weighted by Crippen LogP contribution is 2.40. The van der Waals surface area contributed by atoms with Gasteiger partial charge in [-0.25, -0.2) is 14.8 Å². The first-order valence-corrected chi connectivity index (χ1v) is 19.1. The quantitative estimate of drug-likeness (QED) is 0.167. The Bertz CT molecular complexity index is 2030. The molecule has 7 rings (SSSR count). The van der Waals surface area contributed by atoms with Crippen LogP contribution >= 0.6 is 22.7 Å². The van der Waals surface area contributed by atoms with Crippen LogP contribution in [0.3, 0.4) is 0 Å². The Morgan fingerprint density at radius 3 is 2.38 bits per heavy atom. The number of rotatable bonds is 10. The fraction of sp³-hybridized carbons (Fsp3) is 0.405. The fourth-order valence-electron chi connectivity index (χ4n) is 7.53. The number of thiazole rings is 2. The van der Waals surface area contributed by atoms with Crippen LogP contribution in [-0.2, 0) is 29.1 Å². The molecule has 2 atom stereocenters. The van der Waals surface area contributed by atoms with Gasteiger partial charge in [0, 0.05) is 66.1 Å². The molecule has 4 aromatic rings. The van der Waals surface area contributed by atoms with E-state index in [0.29, 0.717) is 66.0 Å². The molecule has 2 saturated heterocycles. The number of amides is 2. The number of nitrogens with zero attached hydrogens (tertiary/aromatic N) is 5. The molecular weight excluding hydrogens is 705 g/mol. The van der Waals surface area contributed by atoms with Crippen molar-refractivity contribution in [3.8, 4) is 11.1 Å². The van der Waals surface area contributed by atoms with E-state index in [1.54, 1.807) is 22.2 Å². The molecule has 4 N–H and O–H groups in total. The lowest BCUT2D eigenvalue weighted by Gasteiger charge is -2.39. The summed E-state index contributed by atoms with van der Waals surface area (Å²) in [5.74, 6) is -2.66. The molecule has 5 heterocycles. The molecule has 15 heteroatoms. The Morgan fingerprint density at radius 2 is 1.60 bits per heavy atom. The number of likely N-dealkylation sites (tertiary alicyclic amines) is 2. The van der Waals surface area contributed by atoms with Crippen LogP contribution in [0, 0.1) is 6.92 Å². The number of hydrogen-bond acceptors (Lipinski definition) is 11. The van der Waals surface area contributed by atoms with Crippen molar-refractivity contribution in [1.82, 2.24) is 19.8 Å². The average molecular weight is 745 g/mol. The molecule has 272 valence electrons. The van der Waals surface area contributed by atoms with Gasteiger partial charge in [-0.15, -0.1) is 22.7 Å². The van der Waals surface area contributed by atoms with Gasteiger partial charge in [-0.3, -0.25) is 24.2 Å². The molecule has 0 spiro atoms. The number of aromatic nitrogens is 2. The average Bonchev–Trinajstić information content (AvgIpc) is 3.91. The van der Waals surface area contributed by atoms with E-state index >= 15 is 0 Å². The van der Waals surface area contributed by atoms with Gasteiger partial charge in [-0.05, 0) is 80.0 Å². The monoisotopic (exact) mass is 744 g/mol. The molecule has 13 nitrogen and oxygen atoms in total. The molecule has 0 saturated carbocycles. The van der Waals surface area contributed by atoms with Gasteiger partial charge < -0.3 is 25.5 Å². The highest BCUT2D eigenvalue weighted by Gasteiger charge is 2.44. The number of anilines is 2. The summed E-state index contributed by atoms with van der Waals surface area (Å²) in [5.41, 5.74) is 3.28. The minimum atomic E-state index is -1.93. The second-order valence-corrected chi connectivity index (χ2v) is 15.8. The number of benzene rings is 2. The van der Waals surface area contributed by atoms with Crippen molar-refractivity contribution in [1.29, 1.82) is 0 Å². The van der Waals surface area contributed by atoms with Crippen molar-refractivity contribution in [2.75, 3.05) is 29.9 Å². The number of carbonyl (C=O) groups excluding carboxylic acids is 2. The summed E-state index contributed by atoms with van der Waals surface area (Å²) in [6, 6.07) is 11.0. The highest BCUT2D eigenvalue weighted by molar-refractivity contribution is 7.14. The third-order valence-electron chi connectivity index (χ3n) is 10.3. The van der Waals surface area contributed by atoms with Crippen LogP contribution in [0.15, 0.2) is 48.8 Å². The summed E-state index contributed by atoms with van der Waals surface area (Å²) in [5, 5.41) is 33.7. The number of carbonyl (C=O) groups is 4. The molecule has 2 aromatic heterocycles. The first-order chi connectivity index (χ1) is 25.0. The van der Waals surface area contributed by atoms with Crippen LogP contribution in [0.5, 0.6) is 0 Å². The first-order valence-electron chi connectivity index (χ1n) is 17.5. The molecule has 2 aromatic carbocycles. The maximum atomic E-state index is 13.8. The maximum absolute atomic E-state index is 13.8. The predicted octanol–water partition coefficient (Wildman–Crippen LogP) is 5.23. The number of aliphatic hydroxyl groups is 1. The molecular formula is C37H40N6O7S2. The van der Waals surface area contributed by atoms with E-state index in [1.807, 2.05) is 48.2 Å². The number of nitrogens with one attached hydrogen (secondary N) is 1. The molecule has 0 bridgehead atoms. The molecule has 3 aliphatic rings. The van der Waals surface area contributed by atoms with Gasteiger partial charge in [0.15, 0.2) is 10.0 Å². The summed E-state index contributed by atoms with van der Waals surface area (Å²) in [6.07, 6.45) is 7.88. The van der Waals surface area contributed by atoms with Crippen LogP contribution in [0.4, 0.5) is 11.4 Å². The fourth-order valence-corrected chi connectivity index (χ4v) is 9.24. The molecule has 52 heavy (non-hydrogen) atoms. The van der Waals surface area contributed by atoms with E-state index in [4.69, 9.17) is 0 Å². The van der Waals surface area contributed by atoms with Gasteiger partial charge in [0.05, 0.1) is 0 Å². The van der Waals surface area contributed by atoms with Gasteiger partial charge in [-0.2, -0.15) is 0 Å². The van der Waals surface area contributed by atoms with Gasteiger partial charge in [0.25, 0.3) is 11.8 Å². The van der Waals surface area contributed by atoms with E-state index in [9.17, 15) is 34.5 Å². The second-order valence-electron chi connectivity index (χ2n) is 13.5. The molecule has 0 radical (unpaired) electrons. The normalized spacial score (nSPS) is 20.8. The Labute approximate surface area is 308 Å². The molecule has 0 unspecified atom stereocenters. The molecule has 2 amide bonds. The standard InChI is InChI=1S/C37H40N6O7S2/c1-22-25(8-6-10-28(22)40-31(44)32-38-18-23(51-32)20-41-15-4-2-11-30(41)35(46)47)26-9-7-12-29-27(26)13-17-43(29)34(45)33-39-19-24(52-33)21-42-16-5-3-14-37(42,50)36(48)49/h6-10,12,18-19,30,50H,2-5,11,13-17,20-21H2,1H3,(H,40,44)(H,46,47)(H,48,49)/t30-,37-/m0/s1. The third kappa shape index (κ3) is 6.98. The van der Waals surface area contributed by atoms with Gasteiger partial charge in [-0.1, -0.05) is 30.7 Å². The van der Waals surface area contributed by atoms with Crippen molar-refractivity contribution in [3.05, 3.63) is 79.7 Å². The van der Waals surface area contributed by atoms with E-state index < -0.39 is 23.7 Å². The van der Waals surface area contributed by atoms with Crippen molar-refractivity contribution < 1.29 is 34.5 Å². The van der Waals surface area contributed by atoms with Gasteiger partial charge in [0.1, 0.15) is 6.04 Å². The number of fused-ring (bicyclic) bond motifs is 1. The summed E-state index contributed by atoms with van der Waals surface area (Å²) in [7, 11) is 0. The highest BCUT2D eigenvalue weighted by atomic mass is 32.1. The Hall–Kier alpha value is -4.54. The minimum absolute atomic E-state index is 0.151. The van der Waals surface area contributed by atoms with Crippen LogP contribution < -0.4 is 10.2 Å². The van der Waals surface area contributed by atoms with Crippen molar-refractivity contribution >= 4 is 57.8 Å². The van der Waals surface area contributed by atoms with E-state index in [-0.39, 0.29) is 24.8 Å². The summed E-state index contributed by atoms with van der Waals surface area (Å²) >= 11 is 2.48. The Morgan fingerprint density at radius 1 is 0.885 bits per heavy atom. The number of hydrogen-bond donors (Lipinski definition) is 4. The lowest BCUT2D eigenvalue weighted by Crippen LogP contribution is -2.56. The Balaban J connectivity index is 1.05. The lowest BCUT2D eigenvalue weighted by atomic mass is 9.93. The lowest BCUT2D eigenvalue weighted by molar-refractivity contribution is -0.191. The first kappa shape index (κ1) is 35.8. The van der Waals surface area contributed by atoms with Crippen LogP contribution in [0.1, 0.15) is 79.0 Å². The third-order valence-corrected chi connectivity index (χ3v) is 12.3. The zero-order valence-electron chi connectivity index (χ0n) is 28.7. The summed E-state index contributed by atoms with van der Waals surface area (Å²) < 4.78 is 0. The van der Waals surface area contributed by atoms with Crippen molar-refractivity contribution in [2.24, 2.45) is 0 Å². The van der Waals surface area contributed by atoms with E-state index in [0.717, 1.165) is 52.1 Å². The zero-order valence-corrected chi connectivity index (χ0v) is 30.3. The maximum Gasteiger partial charge on any atom is 0.351 e. The van der Waals surface area contributed by atoms with Crippen LogP contribution in [0.25, 0.3) is 11.1 Å². The van der Waals surface area contributed by atoms with Crippen LogP contribution in [-0.4, -0.2) is 90.2 Å². The zero-order chi connectivity index (χ0) is 36.6. The van der Waals surface area contributed by atoms with Gasteiger partial charge in [0.2, 0.25) is 5.72 Å². The number of carboxylic acids is 2. The van der Waals surface area contributed by atoms with E-state index in [2.05, 4.69) is 15.3 Å². The summed E-state index contributed by atoms with van der Waals surface area (Å²) in [6.45, 7) is 4.19. The topological polar surface area (TPSA) is 176 Å². The van der Waals surface area contributed by atoms with E-state index in [1.165, 1.54) is 22.7 Å².